The Bertz CT molecular complexity index is 753. The number of carbonyl (C=O) groups excluding carboxylic acids is 1. The van der Waals surface area contributed by atoms with E-state index in [-0.39, 0.29) is 12.3 Å². The summed E-state index contributed by atoms with van der Waals surface area (Å²) in [6.07, 6.45) is 3.67. The van der Waals surface area contributed by atoms with Crippen LogP contribution < -0.4 is 5.32 Å². The fraction of sp³-hybridized carbons (Fsp3) is 0.375. The Morgan fingerprint density at radius 1 is 1.33 bits per heavy atom. The summed E-state index contributed by atoms with van der Waals surface area (Å²) >= 11 is 1.47. The van der Waals surface area contributed by atoms with Crippen LogP contribution in [0.25, 0.3) is 0 Å². The molecule has 24 heavy (non-hydrogen) atoms. The van der Waals surface area contributed by atoms with Gasteiger partial charge in [0.05, 0.1) is 5.41 Å². The van der Waals surface area contributed by atoms with E-state index in [0.717, 1.165) is 16.5 Å². The maximum absolute atomic E-state index is 12.1. The van der Waals surface area contributed by atoms with Gasteiger partial charge in [-0.15, -0.1) is 10.2 Å². The van der Waals surface area contributed by atoms with E-state index in [9.17, 15) is 14.7 Å². The molecule has 1 heterocycles. The number of nitrogens with zero attached hydrogens (tertiary/aromatic N) is 3. The Morgan fingerprint density at radius 2 is 2.04 bits per heavy atom. The van der Waals surface area contributed by atoms with E-state index in [2.05, 4.69) is 15.5 Å². The van der Waals surface area contributed by atoms with Crippen LogP contribution in [0.3, 0.4) is 0 Å². The molecule has 1 aliphatic carbocycles. The summed E-state index contributed by atoms with van der Waals surface area (Å²) in [6.45, 7) is 0. The average molecular weight is 346 g/mol. The summed E-state index contributed by atoms with van der Waals surface area (Å²) in [4.78, 5) is 24.4. The predicted octanol–water partition coefficient (Wildman–Crippen LogP) is 2.55. The monoisotopic (exact) mass is 346 g/mol. The van der Waals surface area contributed by atoms with E-state index in [4.69, 9.17) is 0 Å². The third-order valence-corrected chi connectivity index (χ3v) is 5.34. The van der Waals surface area contributed by atoms with Crippen LogP contribution in [0, 0.1) is 5.41 Å². The number of aliphatic carboxylic acids is 1. The number of anilines is 1. The van der Waals surface area contributed by atoms with Crippen LogP contribution >= 0.6 is 11.8 Å². The van der Waals surface area contributed by atoms with Gasteiger partial charge in [-0.05, 0) is 48.9 Å². The van der Waals surface area contributed by atoms with Gasteiger partial charge in [-0.25, -0.2) is 0 Å². The van der Waals surface area contributed by atoms with Gasteiger partial charge >= 0.3 is 5.97 Å². The molecule has 2 N–H and O–H groups in total. The molecule has 0 saturated heterocycles. The first-order valence-corrected chi connectivity index (χ1v) is 8.45. The van der Waals surface area contributed by atoms with Crippen LogP contribution in [0.15, 0.2) is 40.6 Å². The molecule has 0 unspecified atom stereocenters. The second-order valence-corrected chi connectivity index (χ2v) is 7.06. The van der Waals surface area contributed by atoms with Gasteiger partial charge in [-0.3, -0.25) is 9.59 Å². The number of hydrogen-bond acceptors (Lipinski definition) is 5. The maximum Gasteiger partial charge on any atom is 0.310 e. The van der Waals surface area contributed by atoms with Crippen molar-refractivity contribution in [3.8, 4) is 0 Å². The van der Waals surface area contributed by atoms with Crippen molar-refractivity contribution in [3.63, 3.8) is 0 Å². The summed E-state index contributed by atoms with van der Waals surface area (Å²) in [7, 11) is 1.87. The minimum Gasteiger partial charge on any atom is -0.481 e. The molecule has 2 aromatic rings. The Morgan fingerprint density at radius 3 is 2.54 bits per heavy atom. The van der Waals surface area contributed by atoms with Crippen molar-refractivity contribution in [3.05, 3.63) is 30.6 Å². The summed E-state index contributed by atoms with van der Waals surface area (Å²) in [5.41, 5.74) is -0.215. The number of rotatable bonds is 6. The fourth-order valence-electron chi connectivity index (χ4n) is 2.66. The molecule has 7 nitrogen and oxygen atoms in total. The van der Waals surface area contributed by atoms with Gasteiger partial charge in [0.25, 0.3) is 0 Å². The first-order valence-electron chi connectivity index (χ1n) is 7.64. The lowest BCUT2D eigenvalue weighted by atomic mass is 9.66. The minimum absolute atomic E-state index is 0.0256. The lowest BCUT2D eigenvalue weighted by molar-refractivity contribution is -0.157. The molecule has 126 valence electrons. The summed E-state index contributed by atoms with van der Waals surface area (Å²) < 4.78 is 1.82. The van der Waals surface area contributed by atoms with Gasteiger partial charge in [0.15, 0.2) is 5.16 Å². The quantitative estimate of drug-likeness (QED) is 0.834. The predicted molar refractivity (Wildman–Crippen MR) is 88.7 cm³/mol. The smallest absolute Gasteiger partial charge is 0.310 e. The van der Waals surface area contributed by atoms with E-state index in [1.807, 2.05) is 23.7 Å². The molecule has 0 atom stereocenters. The largest absolute Gasteiger partial charge is 0.481 e. The van der Waals surface area contributed by atoms with Gasteiger partial charge < -0.3 is 15.0 Å². The molecule has 0 bridgehead atoms. The number of carbonyl (C=O) groups is 2. The molecule has 1 aliphatic rings. The number of aromatic nitrogens is 3. The molecule has 1 saturated carbocycles. The van der Waals surface area contributed by atoms with Gasteiger partial charge in [0, 0.05) is 24.1 Å². The van der Waals surface area contributed by atoms with Crippen molar-refractivity contribution in [1.29, 1.82) is 0 Å². The molecular formula is C16H18N4O3S. The average Bonchev–Trinajstić information content (AvgIpc) is 2.90. The van der Waals surface area contributed by atoms with Gasteiger partial charge in [-0.2, -0.15) is 0 Å². The summed E-state index contributed by atoms with van der Waals surface area (Å²) in [5.74, 6) is -1.13. The maximum atomic E-state index is 12.1. The van der Waals surface area contributed by atoms with Crippen molar-refractivity contribution >= 4 is 29.3 Å². The van der Waals surface area contributed by atoms with Crippen LogP contribution in [0.4, 0.5) is 5.69 Å². The van der Waals surface area contributed by atoms with E-state index >= 15 is 0 Å². The number of benzene rings is 1. The highest BCUT2D eigenvalue weighted by molar-refractivity contribution is 7.99. The molecule has 0 spiro atoms. The molecule has 1 amide bonds. The van der Waals surface area contributed by atoms with Crippen molar-refractivity contribution in [2.45, 2.75) is 35.7 Å². The summed E-state index contributed by atoms with van der Waals surface area (Å²) in [5, 5.41) is 20.7. The van der Waals surface area contributed by atoms with Gasteiger partial charge in [0.2, 0.25) is 5.91 Å². The lowest BCUT2D eigenvalue weighted by Gasteiger charge is -2.36. The van der Waals surface area contributed by atoms with E-state index < -0.39 is 11.4 Å². The van der Waals surface area contributed by atoms with Crippen molar-refractivity contribution in [2.24, 2.45) is 12.5 Å². The van der Waals surface area contributed by atoms with Crippen LogP contribution in [0.5, 0.6) is 0 Å². The normalized spacial score (nSPS) is 15.5. The van der Waals surface area contributed by atoms with Crippen molar-refractivity contribution < 1.29 is 14.7 Å². The van der Waals surface area contributed by atoms with E-state index in [1.54, 1.807) is 18.5 Å². The standard InChI is InChI=1S/C16H18N4O3S/c1-20-10-17-19-15(20)24-12-5-3-11(4-6-12)18-13(21)9-16(14(22)23)7-2-8-16/h3-6,10H,2,7-9H2,1H3,(H,18,21)(H,22,23). The van der Waals surface area contributed by atoms with Crippen LogP contribution in [-0.2, 0) is 16.6 Å². The summed E-state index contributed by atoms with van der Waals surface area (Å²) in [6, 6.07) is 7.35. The molecule has 8 heteroatoms. The molecule has 1 aromatic carbocycles. The Labute approximate surface area is 143 Å². The highest BCUT2D eigenvalue weighted by Gasteiger charge is 2.45. The third kappa shape index (κ3) is 3.43. The minimum atomic E-state index is -0.876. The third-order valence-electron chi connectivity index (χ3n) is 4.28. The number of hydrogen-bond donors (Lipinski definition) is 2. The first kappa shape index (κ1) is 16.5. The lowest BCUT2D eigenvalue weighted by Crippen LogP contribution is -2.41. The van der Waals surface area contributed by atoms with Crippen molar-refractivity contribution in [1.82, 2.24) is 14.8 Å². The highest BCUT2D eigenvalue weighted by atomic mass is 32.2. The first-order chi connectivity index (χ1) is 11.5. The zero-order valence-electron chi connectivity index (χ0n) is 13.2. The highest BCUT2D eigenvalue weighted by Crippen LogP contribution is 2.44. The fourth-order valence-corrected chi connectivity index (χ4v) is 3.42. The number of carboxylic acid groups (broad SMARTS) is 1. The number of amides is 1. The molecule has 3 rings (SSSR count). The van der Waals surface area contributed by atoms with E-state index in [1.165, 1.54) is 11.8 Å². The SMILES string of the molecule is Cn1cnnc1Sc1ccc(NC(=O)CC2(C(=O)O)CCC2)cc1. The van der Waals surface area contributed by atoms with Crippen molar-refractivity contribution in [2.75, 3.05) is 5.32 Å². The second kappa shape index (κ2) is 6.64. The number of aryl methyl sites for hydroxylation is 1. The molecule has 1 fully saturated rings. The Kier molecular flexibility index (Phi) is 4.57. The van der Waals surface area contributed by atoms with E-state index in [0.29, 0.717) is 18.5 Å². The molecule has 0 aliphatic heterocycles. The zero-order valence-corrected chi connectivity index (χ0v) is 14.0. The molecule has 0 radical (unpaired) electrons. The molecular weight excluding hydrogens is 328 g/mol. The molecule has 1 aromatic heterocycles. The Hall–Kier alpha value is -2.35. The topological polar surface area (TPSA) is 97.1 Å². The zero-order chi connectivity index (χ0) is 17.2. The van der Waals surface area contributed by atoms with Crippen LogP contribution in [0.2, 0.25) is 0 Å². The van der Waals surface area contributed by atoms with Crippen LogP contribution in [0.1, 0.15) is 25.7 Å². The van der Waals surface area contributed by atoms with Gasteiger partial charge in [-0.1, -0.05) is 6.42 Å². The Balaban J connectivity index is 1.59. The van der Waals surface area contributed by atoms with Gasteiger partial charge in [0.1, 0.15) is 6.33 Å². The number of nitrogens with one attached hydrogen (secondary N) is 1. The second-order valence-electron chi connectivity index (χ2n) is 6.01. The number of carboxylic acids is 1. The van der Waals surface area contributed by atoms with Crippen LogP contribution in [-0.4, -0.2) is 31.7 Å².